The molecule has 2 rings (SSSR count). The highest BCUT2D eigenvalue weighted by Gasteiger charge is 2.34. The van der Waals surface area contributed by atoms with Crippen LogP contribution in [0.4, 0.5) is 13.2 Å². The van der Waals surface area contributed by atoms with Gasteiger partial charge in [0.05, 0.1) is 6.20 Å². The molecule has 0 unspecified atom stereocenters. The van der Waals surface area contributed by atoms with E-state index in [4.69, 9.17) is 0 Å². The zero-order valence-electron chi connectivity index (χ0n) is 11.6. The van der Waals surface area contributed by atoms with Crippen LogP contribution in [0.15, 0.2) is 18.3 Å². The SMILES string of the molecule is C=C(C)CCN1CCC(c2ncc(C(F)(F)F)[nH]2)CC1. The molecule has 1 fully saturated rings. The predicted molar refractivity (Wildman–Crippen MR) is 71.4 cm³/mol. The summed E-state index contributed by atoms with van der Waals surface area (Å²) in [7, 11) is 0. The molecule has 0 bridgehead atoms. The second-order valence-electron chi connectivity index (χ2n) is 5.50. The number of H-pyrrole nitrogens is 1. The largest absolute Gasteiger partial charge is 0.432 e. The topological polar surface area (TPSA) is 31.9 Å². The first-order valence-electron chi connectivity index (χ1n) is 6.85. The van der Waals surface area contributed by atoms with Crippen molar-refractivity contribution in [1.29, 1.82) is 0 Å². The molecule has 1 aromatic heterocycles. The third kappa shape index (κ3) is 3.85. The molecule has 1 N–H and O–H groups in total. The van der Waals surface area contributed by atoms with Crippen molar-refractivity contribution < 1.29 is 13.2 Å². The Hall–Kier alpha value is -1.30. The zero-order chi connectivity index (χ0) is 14.8. The number of hydrogen-bond acceptors (Lipinski definition) is 2. The van der Waals surface area contributed by atoms with E-state index in [9.17, 15) is 13.2 Å². The maximum Gasteiger partial charge on any atom is 0.432 e. The van der Waals surface area contributed by atoms with Crippen molar-refractivity contribution in [2.45, 2.75) is 38.3 Å². The Morgan fingerprint density at radius 2 is 2.10 bits per heavy atom. The molecule has 1 saturated heterocycles. The summed E-state index contributed by atoms with van der Waals surface area (Å²) in [4.78, 5) is 8.65. The van der Waals surface area contributed by atoms with Gasteiger partial charge < -0.3 is 9.88 Å². The van der Waals surface area contributed by atoms with Crippen LogP contribution in [0.1, 0.15) is 43.6 Å². The van der Waals surface area contributed by atoms with E-state index < -0.39 is 11.9 Å². The molecule has 2 heterocycles. The molecule has 0 amide bonds. The Kier molecular flexibility index (Phi) is 4.52. The van der Waals surface area contributed by atoms with Gasteiger partial charge >= 0.3 is 6.18 Å². The Balaban J connectivity index is 1.87. The van der Waals surface area contributed by atoms with Crippen LogP contribution in [0.3, 0.4) is 0 Å². The molecule has 0 radical (unpaired) electrons. The van der Waals surface area contributed by atoms with Gasteiger partial charge in [0, 0.05) is 12.5 Å². The Labute approximate surface area is 116 Å². The van der Waals surface area contributed by atoms with Gasteiger partial charge in [0.1, 0.15) is 11.5 Å². The van der Waals surface area contributed by atoms with E-state index in [1.54, 1.807) is 0 Å². The smallest absolute Gasteiger partial charge is 0.338 e. The summed E-state index contributed by atoms with van der Waals surface area (Å²) < 4.78 is 37.6. The third-order valence-corrected chi connectivity index (χ3v) is 3.73. The van der Waals surface area contributed by atoms with E-state index in [0.717, 1.165) is 50.7 Å². The fourth-order valence-corrected chi connectivity index (χ4v) is 2.47. The molecule has 1 aliphatic heterocycles. The fourth-order valence-electron chi connectivity index (χ4n) is 2.47. The monoisotopic (exact) mass is 287 g/mol. The van der Waals surface area contributed by atoms with Gasteiger partial charge in [0.15, 0.2) is 0 Å². The minimum atomic E-state index is -4.34. The van der Waals surface area contributed by atoms with Crippen molar-refractivity contribution in [3.8, 4) is 0 Å². The number of aromatic nitrogens is 2. The molecule has 3 nitrogen and oxygen atoms in total. The molecule has 0 saturated carbocycles. The highest BCUT2D eigenvalue weighted by molar-refractivity contribution is 5.09. The van der Waals surface area contributed by atoms with Gasteiger partial charge in [-0.1, -0.05) is 5.57 Å². The number of halogens is 3. The molecule has 1 aromatic rings. The molecular weight excluding hydrogens is 267 g/mol. The van der Waals surface area contributed by atoms with Gasteiger partial charge in [-0.3, -0.25) is 0 Å². The van der Waals surface area contributed by atoms with E-state index in [-0.39, 0.29) is 5.92 Å². The van der Waals surface area contributed by atoms with Gasteiger partial charge in [0.25, 0.3) is 0 Å². The first-order valence-corrected chi connectivity index (χ1v) is 6.85. The van der Waals surface area contributed by atoms with Crippen molar-refractivity contribution in [2.75, 3.05) is 19.6 Å². The van der Waals surface area contributed by atoms with Gasteiger partial charge in [-0.15, -0.1) is 6.58 Å². The normalized spacial score (nSPS) is 18.4. The summed E-state index contributed by atoms with van der Waals surface area (Å²) in [6.07, 6.45) is -0.776. The molecule has 0 aromatic carbocycles. The molecule has 112 valence electrons. The molecule has 6 heteroatoms. The number of imidazole rings is 1. The lowest BCUT2D eigenvalue weighted by Crippen LogP contribution is -2.34. The zero-order valence-corrected chi connectivity index (χ0v) is 11.6. The standard InChI is InChI=1S/C14H20F3N3/c1-10(2)3-6-20-7-4-11(5-8-20)13-18-9-12(19-13)14(15,16)17/h9,11H,1,3-8H2,2H3,(H,18,19). The van der Waals surface area contributed by atoms with Crippen molar-refractivity contribution in [3.63, 3.8) is 0 Å². The van der Waals surface area contributed by atoms with Gasteiger partial charge in [-0.2, -0.15) is 13.2 Å². The van der Waals surface area contributed by atoms with Crippen LogP contribution in [0.25, 0.3) is 0 Å². The van der Waals surface area contributed by atoms with Crippen LogP contribution >= 0.6 is 0 Å². The molecule has 0 spiro atoms. The molecule has 1 aliphatic rings. The van der Waals surface area contributed by atoms with Crippen molar-refractivity contribution >= 4 is 0 Å². The lowest BCUT2D eigenvalue weighted by molar-refractivity contribution is -0.141. The van der Waals surface area contributed by atoms with E-state index in [0.29, 0.717) is 5.82 Å². The molecular formula is C14H20F3N3. The van der Waals surface area contributed by atoms with Crippen molar-refractivity contribution in [1.82, 2.24) is 14.9 Å². The number of rotatable bonds is 4. The van der Waals surface area contributed by atoms with Gasteiger partial charge in [0.2, 0.25) is 0 Å². The fraction of sp³-hybridized carbons (Fsp3) is 0.643. The minimum Gasteiger partial charge on any atom is -0.338 e. The van der Waals surface area contributed by atoms with Gasteiger partial charge in [-0.05, 0) is 39.3 Å². The average Bonchev–Trinajstić information content (AvgIpc) is 2.86. The highest BCUT2D eigenvalue weighted by Crippen LogP contribution is 2.31. The number of nitrogens with one attached hydrogen (secondary N) is 1. The highest BCUT2D eigenvalue weighted by atomic mass is 19.4. The van der Waals surface area contributed by atoms with Crippen LogP contribution < -0.4 is 0 Å². The number of piperidine rings is 1. The van der Waals surface area contributed by atoms with Crippen LogP contribution in [0, 0.1) is 0 Å². The van der Waals surface area contributed by atoms with E-state index in [1.165, 1.54) is 0 Å². The van der Waals surface area contributed by atoms with Crippen molar-refractivity contribution in [2.24, 2.45) is 0 Å². The minimum absolute atomic E-state index is 0.104. The van der Waals surface area contributed by atoms with Gasteiger partial charge in [-0.25, -0.2) is 4.98 Å². The molecule has 0 aliphatic carbocycles. The second kappa shape index (κ2) is 5.99. The summed E-state index contributed by atoms with van der Waals surface area (Å²) in [5.41, 5.74) is 0.408. The predicted octanol–water partition coefficient (Wildman–Crippen LogP) is 3.57. The number of aromatic amines is 1. The lowest BCUT2D eigenvalue weighted by atomic mass is 9.96. The average molecular weight is 287 g/mol. The van der Waals surface area contributed by atoms with Crippen LogP contribution in [0.2, 0.25) is 0 Å². The van der Waals surface area contributed by atoms with Crippen molar-refractivity contribution in [3.05, 3.63) is 29.9 Å². The molecule has 20 heavy (non-hydrogen) atoms. The number of alkyl halides is 3. The van der Waals surface area contributed by atoms with E-state index >= 15 is 0 Å². The van der Waals surface area contributed by atoms with Crippen LogP contribution in [-0.4, -0.2) is 34.5 Å². The number of likely N-dealkylation sites (tertiary alicyclic amines) is 1. The Morgan fingerprint density at radius 1 is 1.45 bits per heavy atom. The number of nitrogens with zero attached hydrogens (tertiary/aromatic N) is 2. The van der Waals surface area contributed by atoms with E-state index in [1.807, 2.05) is 6.92 Å². The summed E-state index contributed by atoms with van der Waals surface area (Å²) in [5, 5.41) is 0. The number of hydrogen-bond donors (Lipinski definition) is 1. The summed E-state index contributed by atoms with van der Waals surface area (Å²) >= 11 is 0. The first kappa shape index (κ1) is 15.1. The maximum absolute atomic E-state index is 12.5. The summed E-state index contributed by atoms with van der Waals surface area (Å²) in [6, 6.07) is 0. The van der Waals surface area contributed by atoms with Crippen LogP contribution in [-0.2, 0) is 6.18 Å². The lowest BCUT2D eigenvalue weighted by Gasteiger charge is -2.31. The quantitative estimate of drug-likeness (QED) is 0.858. The summed E-state index contributed by atoms with van der Waals surface area (Å²) in [5.74, 6) is 0.573. The third-order valence-electron chi connectivity index (χ3n) is 3.73. The second-order valence-corrected chi connectivity index (χ2v) is 5.50. The first-order chi connectivity index (χ1) is 9.36. The Bertz CT molecular complexity index is 456. The molecule has 0 atom stereocenters. The maximum atomic E-state index is 12.5. The van der Waals surface area contributed by atoms with Crippen LogP contribution in [0.5, 0.6) is 0 Å². The van der Waals surface area contributed by atoms with E-state index in [2.05, 4.69) is 21.4 Å². The summed E-state index contributed by atoms with van der Waals surface area (Å²) in [6.45, 7) is 8.67. The Morgan fingerprint density at radius 3 is 2.60 bits per heavy atom.